The van der Waals surface area contributed by atoms with Crippen molar-refractivity contribution < 1.29 is 13.2 Å². The van der Waals surface area contributed by atoms with Crippen LogP contribution in [0.3, 0.4) is 0 Å². The molecule has 0 saturated carbocycles. The second kappa shape index (κ2) is 9.07. The zero-order valence-electron chi connectivity index (χ0n) is 17.0. The fourth-order valence-corrected chi connectivity index (χ4v) is 4.54. The van der Waals surface area contributed by atoms with Gasteiger partial charge in [-0.2, -0.15) is 0 Å². The van der Waals surface area contributed by atoms with Crippen LogP contribution in [-0.2, 0) is 21.2 Å². The molecule has 1 aliphatic rings. The molecule has 1 amide bonds. The van der Waals surface area contributed by atoms with Crippen LogP contribution in [0.5, 0.6) is 0 Å². The van der Waals surface area contributed by atoms with Crippen LogP contribution in [0, 0.1) is 13.8 Å². The first-order chi connectivity index (χ1) is 13.7. The Kier molecular flexibility index (Phi) is 6.72. The van der Waals surface area contributed by atoms with Gasteiger partial charge < -0.3 is 5.32 Å². The molecule has 1 atom stereocenters. The number of sulfonamides is 1. The molecule has 1 heterocycles. The molecule has 6 nitrogen and oxygen atoms in total. The van der Waals surface area contributed by atoms with Crippen molar-refractivity contribution in [2.75, 3.05) is 19.6 Å². The average molecular weight is 416 g/mol. The van der Waals surface area contributed by atoms with E-state index in [1.807, 2.05) is 0 Å². The lowest BCUT2D eigenvalue weighted by molar-refractivity contribution is -0.122. The molecule has 0 aliphatic carbocycles. The van der Waals surface area contributed by atoms with E-state index in [0.717, 1.165) is 24.9 Å². The molecule has 156 valence electrons. The summed E-state index contributed by atoms with van der Waals surface area (Å²) in [4.78, 5) is 14.8. The third-order valence-electron chi connectivity index (χ3n) is 5.33. The molecule has 3 N–H and O–H groups in total. The Labute approximate surface area is 173 Å². The number of hydrogen-bond acceptors (Lipinski definition) is 4. The molecule has 0 bridgehead atoms. The molecule has 29 heavy (non-hydrogen) atoms. The SMILES string of the molecule is Cc1cc(C)cc(C2CCCN2CC(=O)NCCc2ccc(S(N)(=O)=O)cc2)c1. The minimum absolute atomic E-state index is 0.0161. The summed E-state index contributed by atoms with van der Waals surface area (Å²) in [6, 6.07) is 13.3. The van der Waals surface area contributed by atoms with E-state index in [-0.39, 0.29) is 10.8 Å². The number of nitrogens with zero attached hydrogens (tertiary/aromatic N) is 1. The van der Waals surface area contributed by atoms with Crippen LogP contribution in [0.2, 0.25) is 0 Å². The number of aryl methyl sites for hydroxylation is 2. The van der Waals surface area contributed by atoms with Crippen molar-refractivity contribution in [3.63, 3.8) is 0 Å². The average Bonchev–Trinajstić information content (AvgIpc) is 3.08. The van der Waals surface area contributed by atoms with Crippen LogP contribution < -0.4 is 10.5 Å². The van der Waals surface area contributed by atoms with Gasteiger partial charge in [0.05, 0.1) is 11.4 Å². The molecule has 3 rings (SSSR count). The Bertz CT molecular complexity index is 951. The second-order valence-electron chi connectivity index (χ2n) is 7.84. The molecule has 0 aromatic heterocycles. The van der Waals surface area contributed by atoms with Gasteiger partial charge in [-0.3, -0.25) is 9.69 Å². The maximum atomic E-state index is 12.4. The highest BCUT2D eigenvalue weighted by Crippen LogP contribution is 2.32. The molecule has 0 radical (unpaired) electrons. The molecule has 2 aromatic rings. The molecular weight excluding hydrogens is 386 g/mol. The topological polar surface area (TPSA) is 92.5 Å². The fraction of sp³-hybridized carbons (Fsp3) is 0.409. The normalized spacial score (nSPS) is 17.4. The van der Waals surface area contributed by atoms with E-state index in [2.05, 4.69) is 42.3 Å². The minimum atomic E-state index is -3.68. The molecule has 2 aromatic carbocycles. The Morgan fingerprint density at radius 1 is 1.14 bits per heavy atom. The lowest BCUT2D eigenvalue weighted by atomic mass is 9.99. The number of amides is 1. The van der Waals surface area contributed by atoms with Crippen molar-refractivity contribution >= 4 is 15.9 Å². The number of rotatable bonds is 7. The molecule has 1 fully saturated rings. The van der Waals surface area contributed by atoms with Crippen LogP contribution >= 0.6 is 0 Å². The summed E-state index contributed by atoms with van der Waals surface area (Å²) in [7, 11) is -3.68. The largest absolute Gasteiger partial charge is 0.355 e. The van der Waals surface area contributed by atoms with E-state index in [1.54, 1.807) is 12.1 Å². The quantitative estimate of drug-likeness (QED) is 0.726. The van der Waals surface area contributed by atoms with Crippen LogP contribution in [-0.4, -0.2) is 38.9 Å². The van der Waals surface area contributed by atoms with Gasteiger partial charge in [0, 0.05) is 12.6 Å². The number of carbonyl (C=O) groups is 1. The second-order valence-corrected chi connectivity index (χ2v) is 9.40. The van der Waals surface area contributed by atoms with Gasteiger partial charge in [0.2, 0.25) is 15.9 Å². The lowest BCUT2D eigenvalue weighted by Crippen LogP contribution is -2.37. The van der Waals surface area contributed by atoms with E-state index >= 15 is 0 Å². The van der Waals surface area contributed by atoms with Crippen molar-refractivity contribution in [2.45, 2.75) is 44.0 Å². The standard InChI is InChI=1S/C22H29N3O3S/c1-16-12-17(2)14-19(13-16)21-4-3-11-25(21)15-22(26)24-10-9-18-5-7-20(8-6-18)29(23,27)28/h5-8,12-14,21H,3-4,9-11,15H2,1-2H3,(H,24,26)(H2,23,27,28). The summed E-state index contributed by atoms with van der Waals surface area (Å²) in [6.07, 6.45) is 2.81. The smallest absolute Gasteiger partial charge is 0.238 e. The van der Waals surface area contributed by atoms with Gasteiger partial charge in [-0.05, 0) is 62.9 Å². The third kappa shape index (κ3) is 5.88. The summed E-state index contributed by atoms with van der Waals surface area (Å²) in [5, 5.41) is 8.08. The molecule has 1 aliphatic heterocycles. The summed E-state index contributed by atoms with van der Waals surface area (Å²) >= 11 is 0. The Morgan fingerprint density at radius 2 is 1.79 bits per heavy atom. The van der Waals surface area contributed by atoms with E-state index < -0.39 is 10.0 Å². The fourth-order valence-electron chi connectivity index (χ4n) is 4.03. The molecule has 0 spiro atoms. The highest BCUT2D eigenvalue weighted by Gasteiger charge is 2.27. The predicted octanol–water partition coefficient (Wildman–Crippen LogP) is 2.45. The maximum Gasteiger partial charge on any atom is 0.238 e. The van der Waals surface area contributed by atoms with Gasteiger partial charge in [-0.15, -0.1) is 0 Å². The predicted molar refractivity (Wildman–Crippen MR) is 114 cm³/mol. The van der Waals surface area contributed by atoms with Gasteiger partial charge >= 0.3 is 0 Å². The highest BCUT2D eigenvalue weighted by molar-refractivity contribution is 7.89. The Morgan fingerprint density at radius 3 is 2.41 bits per heavy atom. The van der Waals surface area contributed by atoms with Gasteiger partial charge in [-0.1, -0.05) is 41.5 Å². The molecular formula is C22H29N3O3S. The van der Waals surface area contributed by atoms with Gasteiger partial charge in [0.25, 0.3) is 0 Å². The monoisotopic (exact) mass is 415 g/mol. The van der Waals surface area contributed by atoms with E-state index in [0.29, 0.717) is 25.6 Å². The number of likely N-dealkylation sites (tertiary alicyclic amines) is 1. The van der Waals surface area contributed by atoms with Gasteiger partial charge in [0.1, 0.15) is 0 Å². The van der Waals surface area contributed by atoms with Crippen molar-refractivity contribution in [3.8, 4) is 0 Å². The van der Waals surface area contributed by atoms with Crippen molar-refractivity contribution in [1.29, 1.82) is 0 Å². The van der Waals surface area contributed by atoms with Gasteiger partial charge in [0.15, 0.2) is 0 Å². The van der Waals surface area contributed by atoms with Crippen molar-refractivity contribution in [1.82, 2.24) is 10.2 Å². The number of carbonyl (C=O) groups excluding carboxylic acids is 1. The van der Waals surface area contributed by atoms with Crippen LogP contribution in [0.1, 0.15) is 41.1 Å². The number of benzene rings is 2. The summed E-state index contributed by atoms with van der Waals surface area (Å²) in [5.74, 6) is 0.0161. The van der Waals surface area contributed by atoms with E-state index in [9.17, 15) is 13.2 Å². The highest BCUT2D eigenvalue weighted by atomic mass is 32.2. The van der Waals surface area contributed by atoms with Crippen LogP contribution in [0.15, 0.2) is 47.4 Å². The maximum absolute atomic E-state index is 12.4. The first kappa shape index (κ1) is 21.5. The summed E-state index contributed by atoms with van der Waals surface area (Å²) < 4.78 is 22.6. The Balaban J connectivity index is 1.51. The lowest BCUT2D eigenvalue weighted by Gasteiger charge is -2.25. The van der Waals surface area contributed by atoms with Crippen molar-refractivity contribution in [3.05, 3.63) is 64.7 Å². The van der Waals surface area contributed by atoms with Gasteiger partial charge in [-0.25, -0.2) is 13.6 Å². The zero-order valence-corrected chi connectivity index (χ0v) is 17.8. The number of nitrogens with two attached hydrogens (primary N) is 1. The molecule has 1 unspecified atom stereocenters. The summed E-state index contributed by atoms with van der Waals surface area (Å²) in [5.41, 5.74) is 4.75. The Hall–Kier alpha value is -2.22. The number of nitrogens with one attached hydrogen (secondary N) is 1. The number of hydrogen-bond donors (Lipinski definition) is 2. The first-order valence-corrected chi connectivity index (χ1v) is 11.5. The molecule has 1 saturated heterocycles. The van der Waals surface area contributed by atoms with E-state index in [1.165, 1.54) is 28.8 Å². The van der Waals surface area contributed by atoms with Crippen LogP contribution in [0.25, 0.3) is 0 Å². The third-order valence-corrected chi connectivity index (χ3v) is 6.26. The van der Waals surface area contributed by atoms with E-state index in [4.69, 9.17) is 5.14 Å². The minimum Gasteiger partial charge on any atom is -0.355 e. The van der Waals surface area contributed by atoms with Crippen molar-refractivity contribution in [2.24, 2.45) is 5.14 Å². The number of primary sulfonamides is 1. The summed E-state index contributed by atoms with van der Waals surface area (Å²) in [6.45, 7) is 6.05. The zero-order chi connectivity index (χ0) is 21.0. The van der Waals surface area contributed by atoms with Crippen LogP contribution in [0.4, 0.5) is 0 Å². The molecule has 7 heteroatoms. The first-order valence-electron chi connectivity index (χ1n) is 9.93.